The summed E-state index contributed by atoms with van der Waals surface area (Å²) in [5.74, 6) is -1.83. The fraction of sp³-hybridized carbons (Fsp3) is 0.364. The highest BCUT2D eigenvalue weighted by molar-refractivity contribution is 5.93. The molecule has 9 heteroatoms. The lowest BCUT2D eigenvalue weighted by atomic mass is 10.1. The number of hydrogen-bond acceptors (Lipinski definition) is 5. The van der Waals surface area contributed by atoms with Crippen LogP contribution >= 0.6 is 0 Å². The first-order valence-electron chi connectivity index (χ1n) is 5.92. The van der Waals surface area contributed by atoms with E-state index in [1.807, 2.05) is 0 Å². The van der Waals surface area contributed by atoms with Crippen LogP contribution in [0.5, 0.6) is 0 Å². The zero-order valence-corrected chi connectivity index (χ0v) is 11.0. The Kier molecular flexibility index (Phi) is 3.51. The Balaban J connectivity index is 2.64. The van der Waals surface area contributed by atoms with Gasteiger partial charge in [0.15, 0.2) is 5.69 Å². The van der Waals surface area contributed by atoms with E-state index < -0.39 is 17.9 Å². The van der Waals surface area contributed by atoms with Gasteiger partial charge < -0.3 is 10.8 Å². The molecule has 2 aromatic heterocycles. The number of carboxylic acids is 1. The third-order valence-corrected chi connectivity index (χ3v) is 2.89. The number of aryl methyl sites for hydroxylation is 1. The molecule has 0 aliphatic carbocycles. The maximum atomic E-state index is 11.5. The molecule has 1 atom stereocenters. The van der Waals surface area contributed by atoms with E-state index in [2.05, 4.69) is 15.4 Å². The topological polar surface area (TPSA) is 129 Å². The number of carbonyl (C=O) groups excluding carboxylic acids is 1. The molecule has 20 heavy (non-hydrogen) atoms. The number of aromatic nitrogens is 5. The molecule has 2 heterocycles. The number of carboxylic acid groups (broad SMARTS) is 1. The van der Waals surface area contributed by atoms with Gasteiger partial charge in [0.25, 0.3) is 0 Å². The molecule has 0 radical (unpaired) electrons. The van der Waals surface area contributed by atoms with Crippen molar-refractivity contribution in [2.75, 3.05) is 0 Å². The molecule has 0 fully saturated rings. The van der Waals surface area contributed by atoms with Gasteiger partial charge in [-0.05, 0) is 6.42 Å². The molecular weight excluding hydrogens is 264 g/mol. The molecule has 0 aromatic carbocycles. The average molecular weight is 278 g/mol. The molecule has 9 nitrogen and oxygen atoms in total. The molecule has 0 spiro atoms. The Morgan fingerprint density at radius 1 is 1.50 bits per heavy atom. The molecule has 0 saturated carbocycles. The number of rotatable bonds is 5. The molecule has 0 aliphatic rings. The lowest BCUT2D eigenvalue weighted by molar-refractivity contribution is -0.121. The van der Waals surface area contributed by atoms with Crippen LogP contribution in [0.1, 0.15) is 29.9 Å². The van der Waals surface area contributed by atoms with Gasteiger partial charge in [0, 0.05) is 18.8 Å². The summed E-state index contributed by atoms with van der Waals surface area (Å²) in [5, 5.41) is 20.5. The highest BCUT2D eigenvalue weighted by Crippen LogP contribution is 2.25. The first kappa shape index (κ1) is 13.7. The van der Waals surface area contributed by atoms with Gasteiger partial charge >= 0.3 is 5.97 Å². The van der Waals surface area contributed by atoms with Crippen molar-refractivity contribution in [3.05, 3.63) is 18.1 Å². The van der Waals surface area contributed by atoms with Gasteiger partial charge in [0.2, 0.25) is 5.91 Å². The SMILES string of the molecule is CCC(C(N)=O)n1nnc(C(=O)O)c1-c1cnn(C)c1. The van der Waals surface area contributed by atoms with E-state index >= 15 is 0 Å². The Bertz CT molecular complexity index is 659. The molecule has 0 saturated heterocycles. The van der Waals surface area contributed by atoms with E-state index in [9.17, 15) is 14.7 Å². The van der Waals surface area contributed by atoms with E-state index in [0.717, 1.165) is 0 Å². The van der Waals surface area contributed by atoms with Gasteiger partial charge in [0.1, 0.15) is 11.7 Å². The van der Waals surface area contributed by atoms with Crippen molar-refractivity contribution in [1.82, 2.24) is 24.8 Å². The first-order chi connectivity index (χ1) is 9.45. The van der Waals surface area contributed by atoms with E-state index in [1.54, 1.807) is 20.2 Å². The molecule has 106 valence electrons. The summed E-state index contributed by atoms with van der Waals surface area (Å²) >= 11 is 0. The fourth-order valence-corrected chi connectivity index (χ4v) is 1.96. The first-order valence-corrected chi connectivity index (χ1v) is 5.92. The molecule has 0 bridgehead atoms. The number of nitrogens with two attached hydrogens (primary N) is 1. The number of aromatic carboxylic acids is 1. The van der Waals surface area contributed by atoms with Crippen LogP contribution in [-0.4, -0.2) is 41.8 Å². The summed E-state index contributed by atoms with van der Waals surface area (Å²) in [6, 6.07) is -0.759. The summed E-state index contributed by atoms with van der Waals surface area (Å²) in [4.78, 5) is 22.7. The number of primary amides is 1. The minimum atomic E-state index is -1.23. The lowest BCUT2D eigenvalue weighted by Crippen LogP contribution is -2.27. The quantitative estimate of drug-likeness (QED) is 0.780. The number of amides is 1. The van der Waals surface area contributed by atoms with Gasteiger partial charge in [-0.15, -0.1) is 5.10 Å². The van der Waals surface area contributed by atoms with Gasteiger partial charge in [-0.2, -0.15) is 5.10 Å². The molecule has 1 amide bonds. The Morgan fingerprint density at radius 3 is 2.65 bits per heavy atom. The average Bonchev–Trinajstić information content (AvgIpc) is 2.95. The van der Waals surface area contributed by atoms with Gasteiger partial charge in [-0.1, -0.05) is 12.1 Å². The molecule has 2 rings (SSSR count). The summed E-state index contributed by atoms with van der Waals surface area (Å²) in [5.41, 5.74) is 5.81. The second-order valence-corrected chi connectivity index (χ2v) is 4.27. The maximum Gasteiger partial charge on any atom is 0.358 e. The van der Waals surface area contributed by atoms with Crippen molar-refractivity contribution in [2.45, 2.75) is 19.4 Å². The van der Waals surface area contributed by atoms with Crippen LogP contribution in [0.25, 0.3) is 11.3 Å². The van der Waals surface area contributed by atoms with Crippen LogP contribution in [-0.2, 0) is 11.8 Å². The standard InChI is InChI=1S/C11H14N6O3/c1-3-7(10(12)18)17-9(6-4-13-16(2)5-6)8(11(19)20)14-15-17/h4-5,7H,3H2,1-2H3,(H2,12,18)(H,19,20). The number of hydrogen-bond donors (Lipinski definition) is 2. The van der Waals surface area contributed by atoms with Crippen LogP contribution in [0.4, 0.5) is 0 Å². The van der Waals surface area contributed by atoms with Crippen molar-refractivity contribution in [2.24, 2.45) is 12.8 Å². The molecule has 1 unspecified atom stereocenters. The van der Waals surface area contributed by atoms with E-state index in [4.69, 9.17) is 5.73 Å². The summed E-state index contributed by atoms with van der Waals surface area (Å²) in [6.07, 6.45) is 3.48. The number of nitrogens with zero attached hydrogens (tertiary/aromatic N) is 5. The van der Waals surface area contributed by atoms with Crippen LogP contribution in [0.15, 0.2) is 12.4 Å². The molecular formula is C11H14N6O3. The summed E-state index contributed by atoms with van der Waals surface area (Å²) in [7, 11) is 1.70. The minimum absolute atomic E-state index is 0.219. The van der Waals surface area contributed by atoms with Crippen molar-refractivity contribution in [1.29, 1.82) is 0 Å². The number of carbonyl (C=O) groups is 2. The normalized spacial score (nSPS) is 12.3. The third-order valence-electron chi connectivity index (χ3n) is 2.89. The van der Waals surface area contributed by atoms with Gasteiger partial charge in [-0.25, -0.2) is 9.48 Å². The van der Waals surface area contributed by atoms with E-state index in [1.165, 1.54) is 15.6 Å². The third kappa shape index (κ3) is 2.25. The maximum absolute atomic E-state index is 11.5. The molecule has 0 aliphatic heterocycles. The highest BCUT2D eigenvalue weighted by atomic mass is 16.4. The lowest BCUT2D eigenvalue weighted by Gasteiger charge is -2.13. The second kappa shape index (κ2) is 5.11. The van der Waals surface area contributed by atoms with Crippen molar-refractivity contribution in [3.8, 4) is 11.3 Å². The predicted molar refractivity (Wildman–Crippen MR) is 67.7 cm³/mol. The van der Waals surface area contributed by atoms with Crippen LogP contribution in [0.2, 0.25) is 0 Å². The zero-order valence-electron chi connectivity index (χ0n) is 11.0. The van der Waals surface area contributed by atoms with Crippen LogP contribution in [0, 0.1) is 0 Å². The van der Waals surface area contributed by atoms with E-state index in [-0.39, 0.29) is 11.4 Å². The monoisotopic (exact) mass is 278 g/mol. The molecule has 3 N–H and O–H groups in total. The predicted octanol–water partition coefficient (Wildman–Crippen LogP) is -0.187. The fourth-order valence-electron chi connectivity index (χ4n) is 1.96. The summed E-state index contributed by atoms with van der Waals surface area (Å²) in [6.45, 7) is 1.75. The smallest absolute Gasteiger partial charge is 0.358 e. The van der Waals surface area contributed by atoms with Crippen LogP contribution in [0.3, 0.4) is 0 Å². The van der Waals surface area contributed by atoms with Crippen LogP contribution < -0.4 is 5.73 Å². The Morgan fingerprint density at radius 2 is 2.20 bits per heavy atom. The van der Waals surface area contributed by atoms with Crippen molar-refractivity contribution >= 4 is 11.9 Å². The Labute approximate surface area is 114 Å². The largest absolute Gasteiger partial charge is 0.476 e. The van der Waals surface area contributed by atoms with Gasteiger partial charge in [0.05, 0.1) is 6.20 Å². The highest BCUT2D eigenvalue weighted by Gasteiger charge is 2.27. The molecule has 2 aromatic rings. The zero-order chi connectivity index (χ0) is 14.9. The minimum Gasteiger partial charge on any atom is -0.476 e. The van der Waals surface area contributed by atoms with Gasteiger partial charge in [-0.3, -0.25) is 9.48 Å². The second-order valence-electron chi connectivity index (χ2n) is 4.27. The van der Waals surface area contributed by atoms with E-state index in [0.29, 0.717) is 12.0 Å². The Hall–Kier alpha value is -2.71. The van der Waals surface area contributed by atoms with Crippen molar-refractivity contribution < 1.29 is 14.7 Å². The van der Waals surface area contributed by atoms with Crippen molar-refractivity contribution in [3.63, 3.8) is 0 Å². The summed E-state index contributed by atoms with van der Waals surface area (Å²) < 4.78 is 2.76.